The van der Waals surface area contributed by atoms with Crippen LogP contribution in [0.1, 0.15) is 5.56 Å². The molecule has 148 valence electrons. The Morgan fingerprint density at radius 1 is 0.893 bits per heavy atom. The molecule has 0 aliphatic carbocycles. The van der Waals surface area contributed by atoms with Gasteiger partial charge in [0.05, 0.1) is 13.7 Å². The van der Waals surface area contributed by atoms with Crippen LogP contribution in [-0.2, 0) is 16.1 Å². The molecule has 2 aromatic carbocycles. The second-order valence-corrected chi connectivity index (χ2v) is 5.99. The molecule has 0 heterocycles. The predicted molar refractivity (Wildman–Crippen MR) is 109 cm³/mol. The molecule has 2 amide bonds. The molecule has 0 saturated carbocycles. The predicted octanol–water partition coefficient (Wildman–Crippen LogP) is 0.886. The van der Waals surface area contributed by atoms with Crippen LogP contribution in [-0.4, -0.2) is 37.2 Å². The monoisotopic (exact) mass is 402 g/mol. The lowest BCUT2D eigenvalue weighted by atomic mass is 10.2. The summed E-state index contributed by atoms with van der Waals surface area (Å²) >= 11 is 5.08. The van der Waals surface area contributed by atoms with Crippen LogP contribution in [0.2, 0.25) is 0 Å². The number of nitrogens with one attached hydrogen (secondary N) is 4. The lowest BCUT2D eigenvalue weighted by Crippen LogP contribution is -2.49. The summed E-state index contributed by atoms with van der Waals surface area (Å²) in [6, 6.07) is 16.4. The van der Waals surface area contributed by atoms with Gasteiger partial charge in [0, 0.05) is 6.54 Å². The largest absolute Gasteiger partial charge is 0.497 e. The molecule has 0 bridgehead atoms. The van der Waals surface area contributed by atoms with E-state index in [0.29, 0.717) is 12.3 Å². The number of carbonyl (C=O) groups is 2. The summed E-state index contributed by atoms with van der Waals surface area (Å²) in [6.45, 7) is 0.108. The molecule has 9 heteroatoms. The maximum Gasteiger partial charge on any atom is 0.258 e. The summed E-state index contributed by atoms with van der Waals surface area (Å²) < 4.78 is 10.4. The van der Waals surface area contributed by atoms with Crippen molar-refractivity contribution in [2.45, 2.75) is 6.54 Å². The third kappa shape index (κ3) is 7.92. The molecule has 0 fully saturated rings. The maximum atomic E-state index is 11.7. The van der Waals surface area contributed by atoms with Gasteiger partial charge in [-0.05, 0) is 42.0 Å². The number of para-hydroxylation sites is 1. The Labute approximate surface area is 168 Å². The topological polar surface area (TPSA) is 101 Å². The van der Waals surface area contributed by atoms with E-state index in [-0.39, 0.29) is 18.3 Å². The van der Waals surface area contributed by atoms with Gasteiger partial charge in [-0.15, -0.1) is 0 Å². The van der Waals surface area contributed by atoms with Crippen molar-refractivity contribution in [3.05, 3.63) is 60.2 Å². The Balaban J connectivity index is 1.58. The molecule has 4 N–H and O–H groups in total. The molecule has 2 aromatic rings. The van der Waals surface area contributed by atoms with Gasteiger partial charge in [-0.2, -0.15) is 0 Å². The average molecular weight is 402 g/mol. The van der Waals surface area contributed by atoms with Crippen LogP contribution in [0.5, 0.6) is 11.5 Å². The fourth-order valence-electron chi connectivity index (χ4n) is 2.04. The van der Waals surface area contributed by atoms with Gasteiger partial charge in [-0.1, -0.05) is 30.3 Å². The quantitative estimate of drug-likeness (QED) is 0.384. The molecule has 0 radical (unpaired) electrons. The summed E-state index contributed by atoms with van der Waals surface area (Å²) in [4.78, 5) is 23.4. The molecule has 28 heavy (non-hydrogen) atoms. The van der Waals surface area contributed by atoms with Crippen LogP contribution in [0.4, 0.5) is 0 Å². The van der Waals surface area contributed by atoms with Crippen molar-refractivity contribution in [1.29, 1.82) is 0 Å². The number of carbonyl (C=O) groups excluding carboxylic acids is 2. The van der Waals surface area contributed by atoms with Crippen molar-refractivity contribution in [2.24, 2.45) is 0 Å². The summed E-state index contributed by atoms with van der Waals surface area (Å²) in [7, 11) is 1.60. The molecular formula is C19H22N4O4S. The van der Waals surface area contributed by atoms with Crippen molar-refractivity contribution in [3.63, 3.8) is 0 Å². The number of amides is 2. The number of hydrazine groups is 1. The molecule has 0 unspecified atom stereocenters. The summed E-state index contributed by atoms with van der Waals surface area (Å²) in [5.41, 5.74) is 5.97. The first-order valence-corrected chi connectivity index (χ1v) is 8.88. The smallest absolute Gasteiger partial charge is 0.258 e. The Hall–Kier alpha value is -3.33. The third-order valence-corrected chi connectivity index (χ3v) is 3.73. The van der Waals surface area contributed by atoms with E-state index in [2.05, 4.69) is 21.5 Å². The van der Waals surface area contributed by atoms with E-state index >= 15 is 0 Å². The number of ether oxygens (including phenoxy) is 2. The minimum atomic E-state index is -0.443. The minimum absolute atomic E-state index is 0.174. The number of methoxy groups -OCH3 is 1. The lowest BCUT2D eigenvalue weighted by Gasteiger charge is -2.12. The summed E-state index contributed by atoms with van der Waals surface area (Å²) in [6.07, 6.45) is 0. The Morgan fingerprint density at radius 3 is 2.29 bits per heavy atom. The van der Waals surface area contributed by atoms with E-state index in [1.165, 1.54) is 0 Å². The van der Waals surface area contributed by atoms with Gasteiger partial charge < -0.3 is 20.1 Å². The van der Waals surface area contributed by atoms with Crippen LogP contribution in [0.15, 0.2) is 54.6 Å². The van der Waals surface area contributed by atoms with Gasteiger partial charge in [0.15, 0.2) is 11.7 Å². The zero-order valence-electron chi connectivity index (χ0n) is 15.4. The zero-order chi connectivity index (χ0) is 20.2. The standard InChI is InChI=1S/C19H22N4O4S/c1-26-15-9-7-14(8-10-15)11-21-19(28)23-22-17(24)12-20-18(25)13-27-16-5-3-2-4-6-16/h2-10H,11-13H2,1H3,(H,20,25)(H,22,24)(H2,21,23,28). The van der Waals surface area contributed by atoms with Crippen molar-refractivity contribution in [3.8, 4) is 11.5 Å². The van der Waals surface area contributed by atoms with Gasteiger partial charge in [0.25, 0.3) is 11.8 Å². The van der Waals surface area contributed by atoms with E-state index in [4.69, 9.17) is 21.7 Å². The number of thiocarbonyl (C=S) groups is 1. The number of rotatable bonds is 8. The van der Waals surface area contributed by atoms with E-state index in [1.54, 1.807) is 31.4 Å². The third-order valence-electron chi connectivity index (χ3n) is 3.49. The van der Waals surface area contributed by atoms with Crippen LogP contribution in [0.3, 0.4) is 0 Å². The maximum absolute atomic E-state index is 11.7. The van der Waals surface area contributed by atoms with Gasteiger partial charge >= 0.3 is 0 Å². The lowest BCUT2D eigenvalue weighted by molar-refractivity contribution is -0.127. The molecular weight excluding hydrogens is 380 g/mol. The highest BCUT2D eigenvalue weighted by Crippen LogP contribution is 2.10. The van der Waals surface area contributed by atoms with E-state index < -0.39 is 11.8 Å². The molecule has 0 saturated heterocycles. The number of benzene rings is 2. The van der Waals surface area contributed by atoms with E-state index in [0.717, 1.165) is 11.3 Å². The summed E-state index contributed by atoms with van der Waals surface area (Å²) in [5, 5.41) is 5.66. The number of hydrogen-bond acceptors (Lipinski definition) is 5. The van der Waals surface area contributed by atoms with E-state index in [9.17, 15) is 9.59 Å². The van der Waals surface area contributed by atoms with E-state index in [1.807, 2.05) is 30.3 Å². The molecule has 8 nitrogen and oxygen atoms in total. The first-order chi connectivity index (χ1) is 13.6. The normalized spacial score (nSPS) is 9.75. The van der Waals surface area contributed by atoms with Crippen LogP contribution in [0.25, 0.3) is 0 Å². The Kier molecular flexibility index (Phi) is 8.54. The van der Waals surface area contributed by atoms with Crippen molar-refractivity contribution >= 4 is 29.1 Å². The molecule has 0 spiro atoms. The Bertz CT molecular complexity index is 784. The van der Waals surface area contributed by atoms with Crippen molar-refractivity contribution in [2.75, 3.05) is 20.3 Å². The Morgan fingerprint density at radius 2 is 1.61 bits per heavy atom. The first-order valence-electron chi connectivity index (χ1n) is 8.47. The average Bonchev–Trinajstić information content (AvgIpc) is 2.74. The zero-order valence-corrected chi connectivity index (χ0v) is 16.2. The van der Waals surface area contributed by atoms with Gasteiger partial charge in [-0.3, -0.25) is 20.4 Å². The highest BCUT2D eigenvalue weighted by atomic mass is 32.1. The SMILES string of the molecule is COc1ccc(CNC(=S)NNC(=O)CNC(=O)COc2ccccc2)cc1. The first kappa shape index (κ1) is 21.0. The summed E-state index contributed by atoms with van der Waals surface area (Å²) in [5.74, 6) is 0.505. The molecule has 0 aliphatic rings. The highest BCUT2D eigenvalue weighted by molar-refractivity contribution is 7.80. The fourth-order valence-corrected chi connectivity index (χ4v) is 2.16. The molecule has 2 rings (SSSR count). The molecule has 0 aromatic heterocycles. The van der Waals surface area contributed by atoms with Crippen LogP contribution in [0, 0.1) is 0 Å². The van der Waals surface area contributed by atoms with Crippen LogP contribution >= 0.6 is 12.2 Å². The van der Waals surface area contributed by atoms with Crippen molar-refractivity contribution in [1.82, 2.24) is 21.5 Å². The van der Waals surface area contributed by atoms with Gasteiger partial charge in [0.2, 0.25) is 0 Å². The minimum Gasteiger partial charge on any atom is -0.497 e. The fraction of sp³-hybridized carbons (Fsp3) is 0.211. The van der Waals surface area contributed by atoms with Crippen molar-refractivity contribution < 1.29 is 19.1 Å². The molecule has 0 aliphatic heterocycles. The second kappa shape index (κ2) is 11.4. The van der Waals surface area contributed by atoms with Crippen LogP contribution < -0.4 is 31.0 Å². The molecule has 0 atom stereocenters. The second-order valence-electron chi connectivity index (χ2n) is 5.58. The van der Waals surface area contributed by atoms with Gasteiger partial charge in [0.1, 0.15) is 11.5 Å². The van der Waals surface area contributed by atoms with Gasteiger partial charge in [-0.25, -0.2) is 0 Å². The highest BCUT2D eigenvalue weighted by Gasteiger charge is 2.07. The number of hydrogen-bond donors (Lipinski definition) is 4.